The third-order valence-corrected chi connectivity index (χ3v) is 4.21. The first-order chi connectivity index (χ1) is 11.6. The van der Waals surface area contributed by atoms with Crippen LogP contribution in [0.15, 0.2) is 24.4 Å². The fourth-order valence-electron chi connectivity index (χ4n) is 3.03. The van der Waals surface area contributed by atoms with Crippen LogP contribution in [0, 0.1) is 12.1 Å². The topological polar surface area (TPSA) is 89.1 Å². The van der Waals surface area contributed by atoms with Gasteiger partial charge < -0.3 is 20.7 Å². The van der Waals surface area contributed by atoms with Crippen LogP contribution in [0.3, 0.4) is 0 Å². The third-order valence-electron chi connectivity index (χ3n) is 4.21. The van der Waals surface area contributed by atoms with Crippen LogP contribution < -0.4 is 20.3 Å². The van der Waals surface area contributed by atoms with Crippen LogP contribution in [0.4, 0.5) is 5.82 Å². The lowest BCUT2D eigenvalue weighted by Gasteiger charge is -2.30. The minimum Gasteiger partial charge on any atom is -0.618 e. The van der Waals surface area contributed by atoms with Gasteiger partial charge in [0.1, 0.15) is 5.82 Å². The first-order valence-corrected chi connectivity index (χ1v) is 8.02. The molecule has 1 aliphatic rings. The Bertz CT molecular complexity index is 736. The number of piperazine rings is 1. The number of pyridine rings is 1. The number of carbonyl (C=O) groups is 1. The number of nitrogens with zero attached hydrogens (tertiary/aromatic N) is 4. The number of aryl methyl sites for hydroxylation is 2. The van der Waals surface area contributed by atoms with E-state index in [1.54, 1.807) is 12.1 Å². The number of anilines is 1. The summed E-state index contributed by atoms with van der Waals surface area (Å²) in [4.78, 5) is 14.5. The molecule has 1 amide bonds. The molecule has 2 N–H and O–H groups in total. The van der Waals surface area contributed by atoms with Gasteiger partial charge in [-0.1, -0.05) is 0 Å². The van der Waals surface area contributed by atoms with Gasteiger partial charge in [0.2, 0.25) is 0 Å². The van der Waals surface area contributed by atoms with Crippen LogP contribution in [-0.2, 0) is 13.6 Å². The second-order valence-electron chi connectivity index (χ2n) is 5.84. The molecule has 0 radical (unpaired) electrons. The van der Waals surface area contributed by atoms with E-state index in [1.807, 2.05) is 18.7 Å². The second-order valence-corrected chi connectivity index (χ2v) is 5.84. The Hall–Kier alpha value is -2.61. The molecule has 8 nitrogen and oxygen atoms in total. The van der Waals surface area contributed by atoms with E-state index < -0.39 is 0 Å². The van der Waals surface area contributed by atoms with Crippen molar-refractivity contribution in [2.45, 2.75) is 13.5 Å². The minimum atomic E-state index is -0.389. The van der Waals surface area contributed by atoms with Gasteiger partial charge in [-0.05, 0) is 13.0 Å². The van der Waals surface area contributed by atoms with E-state index in [0.29, 0.717) is 11.3 Å². The van der Waals surface area contributed by atoms with Crippen molar-refractivity contribution in [3.8, 4) is 0 Å². The molecular weight excluding hydrogens is 308 g/mol. The molecule has 128 valence electrons. The summed E-state index contributed by atoms with van der Waals surface area (Å²) in [5.41, 5.74) is 1.96. The zero-order valence-electron chi connectivity index (χ0n) is 14.0. The van der Waals surface area contributed by atoms with Crippen LogP contribution >= 0.6 is 0 Å². The van der Waals surface area contributed by atoms with E-state index in [2.05, 4.69) is 20.6 Å². The Morgan fingerprint density at radius 1 is 1.42 bits per heavy atom. The maximum Gasteiger partial charge on any atom is 0.317 e. The molecule has 3 heterocycles. The average molecular weight is 330 g/mol. The largest absolute Gasteiger partial charge is 0.618 e. The van der Waals surface area contributed by atoms with E-state index in [4.69, 9.17) is 0 Å². The molecule has 1 aliphatic heterocycles. The molecule has 1 saturated heterocycles. The van der Waals surface area contributed by atoms with Crippen molar-refractivity contribution >= 4 is 11.7 Å². The van der Waals surface area contributed by atoms with Crippen LogP contribution in [-0.4, -0.2) is 41.9 Å². The molecule has 0 aliphatic carbocycles. The normalized spacial score (nSPS) is 14.7. The Kier molecular flexibility index (Phi) is 4.66. The molecule has 0 saturated carbocycles. The quantitative estimate of drug-likeness (QED) is 0.594. The van der Waals surface area contributed by atoms with Crippen molar-refractivity contribution < 1.29 is 9.52 Å². The number of amides is 1. The highest BCUT2D eigenvalue weighted by molar-refractivity contribution is 5.90. The molecule has 2 aromatic heterocycles. The Morgan fingerprint density at radius 2 is 2.17 bits per heavy atom. The van der Waals surface area contributed by atoms with Crippen molar-refractivity contribution in [1.29, 1.82) is 0 Å². The van der Waals surface area contributed by atoms with Gasteiger partial charge in [-0.2, -0.15) is 9.83 Å². The van der Waals surface area contributed by atoms with Crippen molar-refractivity contribution in [2.75, 3.05) is 31.1 Å². The monoisotopic (exact) mass is 330 g/mol. The van der Waals surface area contributed by atoms with Gasteiger partial charge in [-0.15, -0.1) is 0 Å². The molecule has 0 aromatic carbocycles. The van der Waals surface area contributed by atoms with Gasteiger partial charge in [-0.25, -0.2) is 0 Å². The average Bonchev–Trinajstić information content (AvgIpc) is 2.87. The van der Waals surface area contributed by atoms with Crippen LogP contribution in [0.25, 0.3) is 0 Å². The van der Waals surface area contributed by atoms with Gasteiger partial charge in [0.15, 0.2) is 6.20 Å². The summed E-state index contributed by atoms with van der Waals surface area (Å²) in [6.45, 7) is 5.93. The summed E-state index contributed by atoms with van der Waals surface area (Å²) < 4.78 is 2.43. The highest BCUT2D eigenvalue weighted by atomic mass is 16.5. The number of nitrogens with one attached hydrogen (secondary N) is 2. The minimum absolute atomic E-state index is 0.0859. The number of hydrogen-bond acceptors (Lipinski definition) is 5. The SMILES string of the molecule is Cc1nn(C)c(N2CCNCC2)c1CNC(=O)c1cccc[n+]1[O-]. The Morgan fingerprint density at radius 3 is 2.88 bits per heavy atom. The van der Waals surface area contributed by atoms with E-state index in [0.717, 1.165) is 43.3 Å². The van der Waals surface area contributed by atoms with E-state index in [-0.39, 0.29) is 11.6 Å². The number of rotatable bonds is 4. The first kappa shape index (κ1) is 16.3. The predicted molar refractivity (Wildman–Crippen MR) is 89.6 cm³/mol. The van der Waals surface area contributed by atoms with Gasteiger partial charge >= 0.3 is 5.91 Å². The molecule has 0 unspecified atom stereocenters. The smallest absolute Gasteiger partial charge is 0.317 e. The number of hydrogen-bond donors (Lipinski definition) is 2. The summed E-state index contributed by atoms with van der Waals surface area (Å²) >= 11 is 0. The molecule has 3 rings (SSSR count). The lowest BCUT2D eigenvalue weighted by atomic mass is 10.2. The van der Waals surface area contributed by atoms with Crippen molar-refractivity contribution in [1.82, 2.24) is 20.4 Å². The summed E-state index contributed by atoms with van der Waals surface area (Å²) in [6, 6.07) is 4.78. The van der Waals surface area contributed by atoms with Crippen molar-refractivity contribution in [3.05, 3.63) is 46.6 Å². The number of carbonyl (C=O) groups excluding carboxylic acids is 1. The van der Waals surface area contributed by atoms with Gasteiger partial charge in [0, 0.05) is 57.5 Å². The van der Waals surface area contributed by atoms with Gasteiger partial charge in [-0.3, -0.25) is 9.48 Å². The van der Waals surface area contributed by atoms with Crippen molar-refractivity contribution in [2.24, 2.45) is 7.05 Å². The molecule has 1 fully saturated rings. The maximum absolute atomic E-state index is 12.3. The lowest BCUT2D eigenvalue weighted by Crippen LogP contribution is -2.45. The molecule has 2 aromatic rings. The highest BCUT2D eigenvalue weighted by Crippen LogP contribution is 2.23. The highest BCUT2D eigenvalue weighted by Gasteiger charge is 2.22. The summed E-state index contributed by atoms with van der Waals surface area (Å²) in [5, 5.41) is 22.3. The standard InChI is InChI=1S/C16H22N6O2/c1-12-13(11-18-15(23)14-5-3-4-8-22(14)24)16(20(2)19-12)21-9-6-17-7-10-21/h3-5,8,17H,6-7,9-11H2,1-2H3,(H,18,23). The Labute approximate surface area is 140 Å². The molecule has 8 heteroatoms. The fourth-order valence-corrected chi connectivity index (χ4v) is 3.03. The van der Waals surface area contributed by atoms with E-state index in [9.17, 15) is 10.0 Å². The van der Waals surface area contributed by atoms with Crippen LogP contribution in [0.1, 0.15) is 21.7 Å². The van der Waals surface area contributed by atoms with Crippen molar-refractivity contribution in [3.63, 3.8) is 0 Å². The van der Waals surface area contributed by atoms with Crippen LogP contribution in [0.2, 0.25) is 0 Å². The zero-order valence-corrected chi connectivity index (χ0v) is 14.0. The predicted octanol–water partition coefficient (Wildman–Crippen LogP) is -0.298. The molecule has 0 atom stereocenters. The second kappa shape index (κ2) is 6.88. The summed E-state index contributed by atoms with van der Waals surface area (Å²) in [5.74, 6) is 0.637. The van der Waals surface area contributed by atoms with Gasteiger partial charge in [0.05, 0.1) is 5.69 Å². The molecule has 0 spiro atoms. The molecular formula is C16H22N6O2. The lowest BCUT2D eigenvalue weighted by molar-refractivity contribution is -0.607. The summed E-state index contributed by atoms with van der Waals surface area (Å²) in [7, 11) is 1.92. The molecule has 0 bridgehead atoms. The van der Waals surface area contributed by atoms with Gasteiger partial charge in [0.25, 0.3) is 5.69 Å². The van der Waals surface area contributed by atoms with Crippen LogP contribution in [0.5, 0.6) is 0 Å². The number of aromatic nitrogens is 3. The first-order valence-electron chi connectivity index (χ1n) is 8.02. The fraction of sp³-hybridized carbons (Fsp3) is 0.438. The third kappa shape index (κ3) is 3.18. The maximum atomic E-state index is 12.3. The summed E-state index contributed by atoms with van der Waals surface area (Å²) in [6.07, 6.45) is 1.32. The Balaban J connectivity index is 1.78. The van der Waals surface area contributed by atoms with E-state index >= 15 is 0 Å². The molecule has 24 heavy (non-hydrogen) atoms. The van der Waals surface area contributed by atoms with E-state index in [1.165, 1.54) is 12.3 Å². The zero-order chi connectivity index (χ0) is 17.1.